The lowest BCUT2D eigenvalue weighted by molar-refractivity contribution is 0.410. The lowest BCUT2D eigenvalue weighted by atomic mass is 10.2. The Morgan fingerprint density at radius 1 is 1.04 bits per heavy atom. The molecule has 3 rings (SSSR count). The predicted octanol–water partition coefficient (Wildman–Crippen LogP) is 3.61. The summed E-state index contributed by atoms with van der Waals surface area (Å²) in [5.74, 6) is 3.01. The Bertz CT molecular complexity index is 787. The van der Waals surface area contributed by atoms with Gasteiger partial charge < -0.3 is 19.8 Å². The van der Waals surface area contributed by atoms with Crippen LogP contribution in [0.5, 0.6) is 5.75 Å². The molecule has 0 radical (unpaired) electrons. The van der Waals surface area contributed by atoms with E-state index in [0.717, 1.165) is 28.6 Å². The van der Waals surface area contributed by atoms with Crippen LogP contribution in [0.2, 0.25) is 0 Å². The second kappa shape index (κ2) is 7.50. The first kappa shape index (κ1) is 15.9. The second-order valence-corrected chi connectivity index (χ2v) is 5.32. The smallest absolute Gasteiger partial charge is 0.225 e. The van der Waals surface area contributed by atoms with Gasteiger partial charge in [-0.25, -0.2) is 4.98 Å². The van der Waals surface area contributed by atoms with Crippen LogP contribution in [0, 0.1) is 6.92 Å². The molecule has 0 fully saturated rings. The minimum absolute atomic E-state index is 0.544. The first-order valence-electron chi connectivity index (χ1n) is 7.72. The average molecular weight is 324 g/mol. The number of hydrogen-bond donors (Lipinski definition) is 2. The van der Waals surface area contributed by atoms with E-state index in [1.165, 1.54) is 0 Å². The van der Waals surface area contributed by atoms with E-state index >= 15 is 0 Å². The molecule has 0 spiro atoms. The molecule has 0 aliphatic heterocycles. The van der Waals surface area contributed by atoms with Gasteiger partial charge in [0.25, 0.3) is 0 Å². The van der Waals surface area contributed by atoms with Gasteiger partial charge in [0.1, 0.15) is 17.3 Å². The fraction of sp³-hybridized carbons (Fsp3) is 0.222. The Kier molecular flexibility index (Phi) is 4.96. The highest BCUT2D eigenvalue weighted by Crippen LogP contribution is 2.19. The minimum Gasteiger partial charge on any atom is -0.496 e. The molecule has 0 unspecified atom stereocenters. The van der Waals surface area contributed by atoms with Gasteiger partial charge in [0, 0.05) is 23.9 Å². The lowest BCUT2D eigenvalue weighted by Crippen LogP contribution is -2.08. The van der Waals surface area contributed by atoms with Crippen LogP contribution in [0.15, 0.2) is 53.1 Å². The number of aromatic nitrogens is 2. The molecule has 0 aliphatic rings. The van der Waals surface area contributed by atoms with E-state index in [-0.39, 0.29) is 0 Å². The van der Waals surface area contributed by atoms with Gasteiger partial charge in [-0.15, -0.1) is 0 Å². The number of hydrogen-bond acceptors (Lipinski definition) is 6. The van der Waals surface area contributed by atoms with Crippen molar-refractivity contribution in [3.05, 3.63) is 65.7 Å². The summed E-state index contributed by atoms with van der Waals surface area (Å²) in [4.78, 5) is 8.88. The molecule has 0 saturated carbocycles. The van der Waals surface area contributed by atoms with Gasteiger partial charge in [0.05, 0.1) is 19.9 Å². The van der Waals surface area contributed by atoms with E-state index in [2.05, 4.69) is 20.6 Å². The van der Waals surface area contributed by atoms with Crippen LogP contribution in [0.1, 0.15) is 17.0 Å². The first-order valence-corrected chi connectivity index (χ1v) is 7.72. The van der Waals surface area contributed by atoms with Crippen LogP contribution in [-0.2, 0) is 13.1 Å². The number of benzene rings is 1. The Balaban J connectivity index is 1.67. The molecular weight excluding hydrogens is 304 g/mol. The van der Waals surface area contributed by atoms with Crippen molar-refractivity contribution >= 4 is 11.8 Å². The molecular formula is C18H20N4O2. The summed E-state index contributed by atoms with van der Waals surface area (Å²) in [5.41, 5.74) is 1.95. The summed E-state index contributed by atoms with van der Waals surface area (Å²) in [6, 6.07) is 13.6. The monoisotopic (exact) mass is 324 g/mol. The Labute approximate surface area is 140 Å². The summed E-state index contributed by atoms with van der Waals surface area (Å²) < 4.78 is 10.7. The maximum absolute atomic E-state index is 5.37. The quantitative estimate of drug-likeness (QED) is 0.692. The summed E-state index contributed by atoms with van der Waals surface area (Å²) in [7, 11) is 1.67. The fourth-order valence-electron chi connectivity index (χ4n) is 2.35. The van der Waals surface area contributed by atoms with Crippen molar-refractivity contribution in [2.75, 3.05) is 17.7 Å². The highest BCUT2D eigenvalue weighted by Gasteiger charge is 2.05. The summed E-state index contributed by atoms with van der Waals surface area (Å²) in [6.07, 6.45) is 1.65. The third kappa shape index (κ3) is 4.04. The van der Waals surface area contributed by atoms with Gasteiger partial charge in [-0.2, -0.15) is 4.98 Å². The number of rotatable bonds is 7. The van der Waals surface area contributed by atoms with Gasteiger partial charge in [-0.3, -0.25) is 0 Å². The highest BCUT2D eigenvalue weighted by molar-refractivity contribution is 5.44. The van der Waals surface area contributed by atoms with Crippen molar-refractivity contribution in [1.82, 2.24) is 9.97 Å². The largest absolute Gasteiger partial charge is 0.496 e. The SMILES string of the molecule is COc1ccccc1CNc1cc(C)nc(NCc2ccco2)n1. The van der Waals surface area contributed by atoms with E-state index in [0.29, 0.717) is 19.0 Å². The Morgan fingerprint density at radius 2 is 1.92 bits per heavy atom. The van der Waals surface area contributed by atoms with Crippen LogP contribution in [-0.4, -0.2) is 17.1 Å². The number of methoxy groups -OCH3 is 1. The van der Waals surface area contributed by atoms with Gasteiger partial charge in [-0.05, 0) is 25.1 Å². The molecule has 0 saturated heterocycles. The van der Waals surface area contributed by atoms with Crippen molar-refractivity contribution in [3.8, 4) is 5.75 Å². The molecule has 0 bridgehead atoms. The highest BCUT2D eigenvalue weighted by atomic mass is 16.5. The third-order valence-electron chi connectivity index (χ3n) is 3.51. The van der Waals surface area contributed by atoms with Crippen molar-refractivity contribution in [3.63, 3.8) is 0 Å². The zero-order valence-electron chi connectivity index (χ0n) is 13.7. The van der Waals surface area contributed by atoms with Crippen LogP contribution in [0.3, 0.4) is 0 Å². The van der Waals surface area contributed by atoms with E-state index in [4.69, 9.17) is 9.15 Å². The van der Waals surface area contributed by atoms with Crippen LogP contribution < -0.4 is 15.4 Å². The van der Waals surface area contributed by atoms with Crippen molar-refractivity contribution in [1.29, 1.82) is 0 Å². The summed E-state index contributed by atoms with van der Waals surface area (Å²) in [6.45, 7) is 3.11. The minimum atomic E-state index is 0.544. The molecule has 0 aliphatic carbocycles. The molecule has 124 valence electrons. The molecule has 24 heavy (non-hydrogen) atoms. The Morgan fingerprint density at radius 3 is 2.71 bits per heavy atom. The molecule has 1 aromatic carbocycles. The van der Waals surface area contributed by atoms with Gasteiger partial charge in [0.15, 0.2) is 0 Å². The predicted molar refractivity (Wildman–Crippen MR) is 93.1 cm³/mol. The lowest BCUT2D eigenvalue weighted by Gasteiger charge is -2.11. The van der Waals surface area contributed by atoms with Crippen LogP contribution in [0.4, 0.5) is 11.8 Å². The maximum Gasteiger partial charge on any atom is 0.225 e. The van der Waals surface area contributed by atoms with Crippen molar-refractivity contribution in [2.24, 2.45) is 0 Å². The number of nitrogens with zero attached hydrogens (tertiary/aromatic N) is 2. The van der Waals surface area contributed by atoms with E-state index in [1.54, 1.807) is 13.4 Å². The van der Waals surface area contributed by atoms with Crippen LogP contribution >= 0.6 is 0 Å². The van der Waals surface area contributed by atoms with Crippen LogP contribution in [0.25, 0.3) is 0 Å². The fourth-order valence-corrected chi connectivity index (χ4v) is 2.35. The number of furan rings is 1. The van der Waals surface area contributed by atoms with Gasteiger partial charge in [0.2, 0.25) is 5.95 Å². The first-order chi connectivity index (χ1) is 11.7. The van der Waals surface area contributed by atoms with Crippen molar-refractivity contribution < 1.29 is 9.15 Å². The number of para-hydroxylation sites is 1. The number of ether oxygens (including phenoxy) is 1. The van der Waals surface area contributed by atoms with Gasteiger partial charge >= 0.3 is 0 Å². The molecule has 6 nitrogen and oxygen atoms in total. The molecule has 2 N–H and O–H groups in total. The molecule has 2 heterocycles. The molecule has 3 aromatic rings. The number of aryl methyl sites for hydroxylation is 1. The molecule has 2 aromatic heterocycles. The number of anilines is 2. The summed E-state index contributed by atoms with van der Waals surface area (Å²) >= 11 is 0. The second-order valence-electron chi connectivity index (χ2n) is 5.32. The molecule has 0 amide bonds. The van der Waals surface area contributed by atoms with Gasteiger partial charge in [-0.1, -0.05) is 18.2 Å². The normalized spacial score (nSPS) is 10.4. The van der Waals surface area contributed by atoms with Crippen molar-refractivity contribution in [2.45, 2.75) is 20.0 Å². The zero-order chi connectivity index (χ0) is 16.8. The topological polar surface area (TPSA) is 72.2 Å². The molecule has 0 atom stereocenters. The van der Waals surface area contributed by atoms with E-state index in [1.807, 2.05) is 49.4 Å². The van der Waals surface area contributed by atoms with E-state index in [9.17, 15) is 0 Å². The maximum atomic E-state index is 5.37. The Hall–Kier alpha value is -3.02. The zero-order valence-corrected chi connectivity index (χ0v) is 13.7. The van der Waals surface area contributed by atoms with E-state index < -0.39 is 0 Å². The molecule has 6 heteroatoms. The summed E-state index contributed by atoms with van der Waals surface area (Å²) in [5, 5.41) is 6.48. The third-order valence-corrected chi connectivity index (χ3v) is 3.51. The average Bonchev–Trinajstić information content (AvgIpc) is 3.11. The number of nitrogens with one attached hydrogen (secondary N) is 2. The standard InChI is InChI=1S/C18H20N4O2/c1-13-10-17(19-11-14-6-3-4-8-16(14)23-2)22-18(21-13)20-12-15-7-5-9-24-15/h3-10H,11-12H2,1-2H3,(H2,19,20,21,22).